The van der Waals surface area contributed by atoms with E-state index >= 15 is 0 Å². The number of hydrogen-bond acceptors (Lipinski definition) is 4. The largest absolute Gasteiger partial charge is 0.508 e. The number of H-pyrrole nitrogens is 1. The van der Waals surface area contributed by atoms with Crippen LogP contribution in [0.2, 0.25) is 0 Å². The van der Waals surface area contributed by atoms with Crippen molar-refractivity contribution in [3.63, 3.8) is 0 Å². The molecule has 0 radical (unpaired) electrons. The molecule has 2 aromatic rings. The van der Waals surface area contributed by atoms with Crippen LogP contribution in [0.4, 0.5) is 0 Å². The van der Waals surface area contributed by atoms with E-state index in [1.807, 2.05) is 0 Å². The van der Waals surface area contributed by atoms with Crippen molar-refractivity contribution in [2.45, 2.75) is 13.1 Å². The van der Waals surface area contributed by atoms with Gasteiger partial charge < -0.3 is 15.4 Å². The number of hydrogen-bond donors (Lipinski definition) is 3. The SMILES string of the molecule is CNC(C)n1c(=O)[nH]c2cc(O)ccc2c1=O. The van der Waals surface area contributed by atoms with Crippen LogP contribution in [0.5, 0.6) is 5.75 Å². The molecule has 1 atom stereocenters. The van der Waals surface area contributed by atoms with E-state index in [0.717, 1.165) is 4.57 Å². The lowest BCUT2D eigenvalue weighted by atomic mass is 10.2. The highest BCUT2D eigenvalue weighted by Crippen LogP contribution is 2.13. The molecule has 6 nitrogen and oxygen atoms in total. The van der Waals surface area contributed by atoms with Crippen LogP contribution in [0.15, 0.2) is 27.8 Å². The van der Waals surface area contributed by atoms with Crippen molar-refractivity contribution in [2.75, 3.05) is 7.05 Å². The zero-order valence-corrected chi connectivity index (χ0v) is 9.52. The fraction of sp³-hybridized carbons (Fsp3) is 0.273. The normalized spacial score (nSPS) is 12.8. The number of benzene rings is 1. The molecule has 1 heterocycles. The van der Waals surface area contributed by atoms with Crippen molar-refractivity contribution < 1.29 is 5.11 Å². The summed E-state index contributed by atoms with van der Waals surface area (Å²) < 4.78 is 1.10. The van der Waals surface area contributed by atoms with Crippen LogP contribution < -0.4 is 16.6 Å². The molecule has 0 fully saturated rings. The average Bonchev–Trinajstić information content (AvgIpc) is 2.28. The second-order valence-corrected chi connectivity index (χ2v) is 3.80. The molecule has 0 aliphatic heterocycles. The summed E-state index contributed by atoms with van der Waals surface area (Å²) in [6.45, 7) is 1.71. The monoisotopic (exact) mass is 235 g/mol. The quantitative estimate of drug-likeness (QED) is 0.690. The van der Waals surface area contributed by atoms with Crippen molar-refractivity contribution in [1.29, 1.82) is 0 Å². The number of aromatic hydroxyl groups is 1. The number of aromatic nitrogens is 2. The van der Waals surface area contributed by atoms with Gasteiger partial charge in [-0.1, -0.05) is 0 Å². The minimum absolute atomic E-state index is 0.00645. The maximum atomic E-state index is 12.1. The summed E-state index contributed by atoms with van der Waals surface area (Å²) in [5.41, 5.74) is -0.555. The Bertz CT molecular complexity index is 672. The highest BCUT2D eigenvalue weighted by Gasteiger charge is 2.11. The lowest BCUT2D eigenvalue weighted by Gasteiger charge is -2.13. The van der Waals surface area contributed by atoms with E-state index in [1.165, 1.54) is 18.2 Å². The van der Waals surface area contributed by atoms with Crippen molar-refractivity contribution in [3.05, 3.63) is 39.0 Å². The highest BCUT2D eigenvalue weighted by atomic mass is 16.3. The lowest BCUT2D eigenvalue weighted by molar-refractivity contribution is 0.447. The zero-order valence-electron chi connectivity index (χ0n) is 9.52. The molecule has 0 aliphatic carbocycles. The Hall–Kier alpha value is -2.08. The summed E-state index contributed by atoms with van der Waals surface area (Å²) >= 11 is 0. The lowest BCUT2D eigenvalue weighted by Crippen LogP contribution is -2.41. The molecule has 1 unspecified atom stereocenters. The molecule has 0 aliphatic rings. The molecule has 90 valence electrons. The van der Waals surface area contributed by atoms with Gasteiger partial charge >= 0.3 is 5.69 Å². The van der Waals surface area contributed by atoms with Crippen LogP contribution in [0.25, 0.3) is 10.9 Å². The van der Waals surface area contributed by atoms with Gasteiger partial charge in [0, 0.05) is 6.07 Å². The van der Waals surface area contributed by atoms with E-state index in [2.05, 4.69) is 10.3 Å². The van der Waals surface area contributed by atoms with Gasteiger partial charge in [0.15, 0.2) is 0 Å². The molecule has 17 heavy (non-hydrogen) atoms. The van der Waals surface area contributed by atoms with E-state index in [0.29, 0.717) is 10.9 Å². The predicted molar refractivity (Wildman–Crippen MR) is 64.3 cm³/mol. The Morgan fingerprint density at radius 2 is 2.12 bits per heavy atom. The van der Waals surface area contributed by atoms with Gasteiger partial charge in [0.25, 0.3) is 5.56 Å². The van der Waals surface area contributed by atoms with Crippen molar-refractivity contribution in [1.82, 2.24) is 14.9 Å². The van der Waals surface area contributed by atoms with Crippen LogP contribution in [0.1, 0.15) is 13.1 Å². The molecule has 0 saturated carbocycles. The van der Waals surface area contributed by atoms with Gasteiger partial charge in [-0.05, 0) is 26.1 Å². The van der Waals surface area contributed by atoms with Crippen molar-refractivity contribution >= 4 is 10.9 Å². The fourth-order valence-electron chi connectivity index (χ4n) is 1.70. The number of nitrogens with zero attached hydrogens (tertiary/aromatic N) is 1. The van der Waals surface area contributed by atoms with Crippen LogP contribution in [0.3, 0.4) is 0 Å². The van der Waals surface area contributed by atoms with Gasteiger partial charge in [-0.15, -0.1) is 0 Å². The molecule has 6 heteroatoms. The third kappa shape index (κ3) is 1.83. The van der Waals surface area contributed by atoms with Gasteiger partial charge in [0.05, 0.1) is 17.1 Å². The topological polar surface area (TPSA) is 87.1 Å². The van der Waals surface area contributed by atoms with Crippen molar-refractivity contribution in [3.8, 4) is 5.75 Å². The van der Waals surface area contributed by atoms with Gasteiger partial charge in [0.1, 0.15) is 5.75 Å². The van der Waals surface area contributed by atoms with Crippen LogP contribution in [0, 0.1) is 0 Å². The molecule has 0 spiro atoms. The van der Waals surface area contributed by atoms with E-state index < -0.39 is 11.9 Å². The minimum atomic E-state index is -0.505. The smallest absolute Gasteiger partial charge is 0.330 e. The summed E-state index contributed by atoms with van der Waals surface area (Å²) in [5, 5.41) is 12.5. The Kier molecular flexibility index (Phi) is 2.72. The van der Waals surface area contributed by atoms with Gasteiger partial charge in [-0.3, -0.25) is 4.79 Å². The molecule has 3 N–H and O–H groups in total. The number of phenols is 1. The number of aromatic amines is 1. The number of nitrogens with one attached hydrogen (secondary N) is 2. The van der Waals surface area contributed by atoms with E-state index in [1.54, 1.807) is 14.0 Å². The van der Waals surface area contributed by atoms with Crippen molar-refractivity contribution in [2.24, 2.45) is 0 Å². The summed E-state index contributed by atoms with van der Waals surface area (Å²) in [7, 11) is 1.66. The summed E-state index contributed by atoms with van der Waals surface area (Å²) in [6, 6.07) is 4.25. The van der Waals surface area contributed by atoms with Gasteiger partial charge in [-0.25, -0.2) is 9.36 Å². The maximum absolute atomic E-state index is 12.1. The predicted octanol–water partition coefficient (Wildman–Crippen LogP) is 0.133. The molecule has 1 aromatic carbocycles. The fourth-order valence-corrected chi connectivity index (χ4v) is 1.70. The van der Waals surface area contributed by atoms with E-state index in [9.17, 15) is 14.7 Å². The summed E-state index contributed by atoms with van der Waals surface area (Å²) in [4.78, 5) is 26.4. The Morgan fingerprint density at radius 3 is 2.76 bits per heavy atom. The average molecular weight is 235 g/mol. The second-order valence-electron chi connectivity index (χ2n) is 3.80. The molecular weight excluding hydrogens is 222 g/mol. The molecule has 0 saturated heterocycles. The molecule has 1 aromatic heterocycles. The standard InChI is InChI=1S/C11H13N3O3/c1-6(12-2)14-10(16)8-4-3-7(15)5-9(8)13-11(14)17/h3-6,12,15H,1-2H3,(H,13,17). The van der Waals surface area contributed by atoms with Gasteiger partial charge in [-0.2, -0.15) is 0 Å². The summed E-state index contributed by atoms with van der Waals surface area (Å²) in [5.74, 6) is 0.00645. The molecular formula is C11H13N3O3. The summed E-state index contributed by atoms with van der Waals surface area (Å²) in [6.07, 6.45) is -0.399. The first-order valence-electron chi connectivity index (χ1n) is 5.19. The zero-order chi connectivity index (χ0) is 12.6. The third-order valence-corrected chi connectivity index (χ3v) is 2.72. The van der Waals surface area contributed by atoms with Crippen LogP contribution in [-0.4, -0.2) is 21.7 Å². The minimum Gasteiger partial charge on any atom is -0.508 e. The molecule has 2 rings (SSSR count). The second kappa shape index (κ2) is 4.06. The molecule has 0 bridgehead atoms. The highest BCUT2D eigenvalue weighted by molar-refractivity contribution is 5.78. The number of fused-ring (bicyclic) bond motifs is 1. The number of rotatable bonds is 2. The first kappa shape index (κ1) is 11.4. The molecule has 0 amide bonds. The maximum Gasteiger partial charge on any atom is 0.330 e. The first-order chi connectivity index (χ1) is 8.04. The van der Waals surface area contributed by atoms with E-state index in [-0.39, 0.29) is 11.3 Å². The first-order valence-corrected chi connectivity index (χ1v) is 5.19. The van der Waals surface area contributed by atoms with Gasteiger partial charge in [0.2, 0.25) is 0 Å². The Labute approximate surface area is 96.5 Å². The Balaban J connectivity index is 2.86. The van der Waals surface area contributed by atoms with Crippen LogP contribution in [-0.2, 0) is 0 Å². The number of phenolic OH excluding ortho intramolecular Hbond substituents is 1. The van der Waals surface area contributed by atoms with Crippen LogP contribution >= 0.6 is 0 Å². The Morgan fingerprint density at radius 1 is 1.41 bits per heavy atom. The van der Waals surface area contributed by atoms with E-state index in [4.69, 9.17) is 0 Å². The third-order valence-electron chi connectivity index (χ3n) is 2.72.